The number of morpholine rings is 1. The molecule has 1 fully saturated rings. The molecule has 0 spiro atoms. The van der Waals surface area contributed by atoms with Gasteiger partial charge in [0.2, 0.25) is 0 Å². The predicted octanol–water partition coefficient (Wildman–Crippen LogP) is 2.88. The van der Waals surface area contributed by atoms with Crippen LogP contribution in [0, 0.1) is 0 Å². The van der Waals surface area contributed by atoms with Gasteiger partial charge in [-0.3, -0.25) is 9.89 Å². The number of nitrogens with zero attached hydrogens (tertiary/aromatic N) is 2. The third-order valence-corrected chi connectivity index (χ3v) is 4.17. The number of hydrogen-bond donors (Lipinski definition) is 2. The van der Waals surface area contributed by atoms with Crippen molar-refractivity contribution in [3.63, 3.8) is 0 Å². The zero-order valence-electron chi connectivity index (χ0n) is 14.1. The summed E-state index contributed by atoms with van der Waals surface area (Å²) in [5.74, 6) is 1.07. The number of benzene rings is 1. The SMILES string of the molecule is CCC(C)c1ccc(NC(N)=NCCN2CCOCC2)cc1.I. The van der Waals surface area contributed by atoms with Gasteiger partial charge in [-0.1, -0.05) is 26.0 Å². The van der Waals surface area contributed by atoms with Gasteiger partial charge in [-0.05, 0) is 30.0 Å². The average Bonchev–Trinajstić information content (AvgIpc) is 2.56. The van der Waals surface area contributed by atoms with E-state index >= 15 is 0 Å². The van der Waals surface area contributed by atoms with Gasteiger partial charge in [-0.25, -0.2) is 0 Å². The Kier molecular flexibility index (Phi) is 9.50. The van der Waals surface area contributed by atoms with Crippen LogP contribution in [0.1, 0.15) is 31.7 Å². The van der Waals surface area contributed by atoms with E-state index in [1.54, 1.807) is 0 Å². The lowest BCUT2D eigenvalue weighted by Gasteiger charge is -2.25. The fraction of sp³-hybridized carbons (Fsp3) is 0.588. The third kappa shape index (κ3) is 7.05. The number of rotatable bonds is 6. The summed E-state index contributed by atoms with van der Waals surface area (Å²) in [6, 6.07) is 8.42. The second-order valence-electron chi connectivity index (χ2n) is 5.78. The molecule has 6 heteroatoms. The minimum Gasteiger partial charge on any atom is -0.379 e. The van der Waals surface area contributed by atoms with Gasteiger partial charge in [0.15, 0.2) is 5.96 Å². The van der Waals surface area contributed by atoms with Crippen LogP contribution in [0.3, 0.4) is 0 Å². The number of nitrogens with one attached hydrogen (secondary N) is 1. The zero-order valence-corrected chi connectivity index (χ0v) is 16.5. The highest BCUT2D eigenvalue weighted by Crippen LogP contribution is 2.20. The second-order valence-corrected chi connectivity index (χ2v) is 5.78. The van der Waals surface area contributed by atoms with Crippen molar-refractivity contribution in [3.8, 4) is 0 Å². The van der Waals surface area contributed by atoms with E-state index in [0.29, 0.717) is 18.4 Å². The molecule has 5 nitrogen and oxygen atoms in total. The molecular weight excluding hydrogens is 403 g/mol. The molecule has 0 saturated carbocycles. The molecule has 0 radical (unpaired) electrons. The molecule has 1 atom stereocenters. The molecule has 1 unspecified atom stereocenters. The number of halogens is 1. The molecule has 23 heavy (non-hydrogen) atoms. The predicted molar refractivity (Wildman–Crippen MR) is 108 cm³/mol. The smallest absolute Gasteiger partial charge is 0.193 e. The Bertz CT molecular complexity index is 472. The van der Waals surface area contributed by atoms with Crippen LogP contribution < -0.4 is 11.1 Å². The van der Waals surface area contributed by atoms with Crippen molar-refractivity contribution in [1.82, 2.24) is 4.90 Å². The standard InChI is InChI=1S/C17H28N4O.HI/c1-3-14(2)15-4-6-16(7-5-15)20-17(18)19-8-9-21-10-12-22-13-11-21;/h4-7,14H,3,8-13H2,1-2H3,(H3,18,19,20);1H. The number of aliphatic imine (C=N–C) groups is 1. The molecular formula is C17H29IN4O. The monoisotopic (exact) mass is 432 g/mol. The lowest BCUT2D eigenvalue weighted by Crippen LogP contribution is -2.38. The summed E-state index contributed by atoms with van der Waals surface area (Å²) in [6.45, 7) is 9.70. The molecule has 1 aliphatic rings. The summed E-state index contributed by atoms with van der Waals surface area (Å²) >= 11 is 0. The summed E-state index contributed by atoms with van der Waals surface area (Å²) in [5.41, 5.74) is 8.28. The van der Waals surface area contributed by atoms with Crippen LogP contribution in [0.2, 0.25) is 0 Å². The van der Waals surface area contributed by atoms with Crippen molar-refractivity contribution in [3.05, 3.63) is 29.8 Å². The van der Waals surface area contributed by atoms with E-state index in [4.69, 9.17) is 10.5 Å². The van der Waals surface area contributed by atoms with Gasteiger partial charge in [0, 0.05) is 25.3 Å². The van der Waals surface area contributed by atoms with Crippen LogP contribution in [0.4, 0.5) is 5.69 Å². The van der Waals surface area contributed by atoms with Gasteiger partial charge < -0.3 is 15.8 Å². The molecule has 1 aromatic carbocycles. The Hall–Kier alpha value is -0.860. The lowest BCUT2D eigenvalue weighted by atomic mass is 9.99. The minimum atomic E-state index is 0. The van der Waals surface area contributed by atoms with Crippen molar-refractivity contribution in [2.75, 3.05) is 44.7 Å². The summed E-state index contributed by atoms with van der Waals surface area (Å²) < 4.78 is 5.33. The van der Waals surface area contributed by atoms with Crippen LogP contribution >= 0.6 is 24.0 Å². The quantitative estimate of drug-likeness (QED) is 0.412. The first-order valence-corrected chi connectivity index (χ1v) is 8.16. The third-order valence-electron chi connectivity index (χ3n) is 4.17. The highest BCUT2D eigenvalue weighted by molar-refractivity contribution is 14.0. The van der Waals surface area contributed by atoms with Crippen molar-refractivity contribution in [2.24, 2.45) is 10.7 Å². The Morgan fingerprint density at radius 3 is 2.57 bits per heavy atom. The van der Waals surface area contributed by atoms with Gasteiger partial charge in [-0.15, -0.1) is 24.0 Å². The lowest BCUT2D eigenvalue weighted by molar-refractivity contribution is 0.0394. The maximum atomic E-state index is 5.94. The van der Waals surface area contributed by atoms with Crippen molar-refractivity contribution in [2.45, 2.75) is 26.2 Å². The van der Waals surface area contributed by atoms with Gasteiger partial charge >= 0.3 is 0 Å². The van der Waals surface area contributed by atoms with Crippen molar-refractivity contribution >= 4 is 35.6 Å². The van der Waals surface area contributed by atoms with E-state index in [9.17, 15) is 0 Å². The molecule has 1 saturated heterocycles. The fourth-order valence-corrected chi connectivity index (χ4v) is 2.45. The van der Waals surface area contributed by atoms with Crippen LogP contribution in [0.15, 0.2) is 29.3 Å². The van der Waals surface area contributed by atoms with Gasteiger partial charge in [0.1, 0.15) is 0 Å². The first-order chi connectivity index (χ1) is 10.7. The van der Waals surface area contributed by atoms with E-state index in [1.807, 2.05) is 0 Å². The molecule has 0 aromatic heterocycles. The molecule has 1 aliphatic heterocycles. The number of nitrogens with two attached hydrogens (primary N) is 1. The highest BCUT2D eigenvalue weighted by atomic mass is 127. The van der Waals surface area contributed by atoms with E-state index < -0.39 is 0 Å². The molecule has 0 aliphatic carbocycles. The molecule has 1 aromatic rings. The number of hydrogen-bond acceptors (Lipinski definition) is 3. The normalized spacial score (nSPS) is 17.4. The first-order valence-electron chi connectivity index (χ1n) is 8.16. The number of guanidine groups is 1. The molecule has 3 N–H and O–H groups in total. The van der Waals surface area contributed by atoms with Crippen LogP contribution in [0.5, 0.6) is 0 Å². The topological polar surface area (TPSA) is 62.9 Å². The molecule has 2 rings (SSSR count). The van der Waals surface area contributed by atoms with Crippen LogP contribution in [0.25, 0.3) is 0 Å². The van der Waals surface area contributed by atoms with E-state index in [2.05, 4.69) is 53.3 Å². The van der Waals surface area contributed by atoms with Crippen molar-refractivity contribution < 1.29 is 4.74 Å². The van der Waals surface area contributed by atoms with Crippen molar-refractivity contribution in [1.29, 1.82) is 0 Å². The van der Waals surface area contributed by atoms with Crippen LogP contribution in [-0.2, 0) is 4.74 Å². The summed E-state index contributed by atoms with van der Waals surface area (Å²) in [7, 11) is 0. The Morgan fingerprint density at radius 2 is 1.96 bits per heavy atom. The maximum absolute atomic E-state index is 5.94. The summed E-state index contributed by atoms with van der Waals surface area (Å²) in [6.07, 6.45) is 1.15. The Morgan fingerprint density at radius 1 is 1.30 bits per heavy atom. The van der Waals surface area contributed by atoms with E-state index in [1.165, 1.54) is 5.56 Å². The van der Waals surface area contributed by atoms with E-state index in [0.717, 1.165) is 45.0 Å². The van der Waals surface area contributed by atoms with E-state index in [-0.39, 0.29) is 24.0 Å². The second kappa shape index (κ2) is 10.8. The molecule has 130 valence electrons. The summed E-state index contributed by atoms with van der Waals surface area (Å²) in [4.78, 5) is 6.74. The largest absolute Gasteiger partial charge is 0.379 e. The molecule has 1 heterocycles. The number of ether oxygens (including phenoxy) is 1. The summed E-state index contributed by atoms with van der Waals surface area (Å²) in [5, 5.41) is 3.15. The zero-order chi connectivity index (χ0) is 15.8. The minimum absolute atomic E-state index is 0. The fourth-order valence-electron chi connectivity index (χ4n) is 2.45. The Labute approximate surface area is 156 Å². The number of anilines is 1. The van der Waals surface area contributed by atoms with Crippen LogP contribution in [-0.4, -0.2) is 50.3 Å². The highest BCUT2D eigenvalue weighted by Gasteiger charge is 2.09. The Balaban J connectivity index is 0.00000264. The molecule has 0 amide bonds. The maximum Gasteiger partial charge on any atom is 0.193 e. The van der Waals surface area contributed by atoms with Gasteiger partial charge in [0.05, 0.1) is 19.8 Å². The van der Waals surface area contributed by atoms with Gasteiger partial charge in [-0.2, -0.15) is 0 Å². The average molecular weight is 432 g/mol. The van der Waals surface area contributed by atoms with Gasteiger partial charge in [0.25, 0.3) is 0 Å². The first kappa shape index (κ1) is 20.2. The molecule has 0 bridgehead atoms.